The Kier molecular flexibility index (Phi) is 6.97. The maximum Gasteiger partial charge on any atom is 0.314 e. The van der Waals surface area contributed by atoms with Crippen LogP contribution >= 0.6 is 0 Å². The first kappa shape index (κ1) is 24.3. The summed E-state index contributed by atoms with van der Waals surface area (Å²) in [5.74, 6) is -0.226. The Bertz CT molecular complexity index is 1190. The zero-order chi connectivity index (χ0) is 25.1. The van der Waals surface area contributed by atoms with E-state index in [9.17, 15) is 4.79 Å². The normalized spacial score (nSPS) is 24.6. The number of nitrogens with zero attached hydrogens (tertiary/aromatic N) is 3. The minimum absolute atomic E-state index is 0.242. The third kappa shape index (κ3) is 4.82. The lowest BCUT2D eigenvalue weighted by Gasteiger charge is -2.36. The number of anilines is 3. The van der Waals surface area contributed by atoms with Gasteiger partial charge in [0.2, 0.25) is 0 Å². The number of benzene rings is 2. The van der Waals surface area contributed by atoms with Crippen molar-refractivity contribution in [3.63, 3.8) is 0 Å². The van der Waals surface area contributed by atoms with Crippen molar-refractivity contribution in [3.05, 3.63) is 78.1 Å². The molecular weight excluding hydrogens is 448 g/mol. The predicted molar refractivity (Wildman–Crippen MR) is 147 cm³/mol. The van der Waals surface area contributed by atoms with Gasteiger partial charge in [-0.1, -0.05) is 12.1 Å². The third-order valence-electron chi connectivity index (χ3n) is 7.88. The van der Waals surface area contributed by atoms with Gasteiger partial charge in [-0.3, -0.25) is 9.79 Å². The van der Waals surface area contributed by atoms with Gasteiger partial charge in [0, 0.05) is 55.8 Å². The van der Waals surface area contributed by atoms with Crippen molar-refractivity contribution >= 4 is 29.2 Å². The highest BCUT2D eigenvalue weighted by molar-refractivity contribution is 5.86. The zero-order valence-electron chi connectivity index (χ0n) is 21.5. The van der Waals surface area contributed by atoms with E-state index in [2.05, 4.69) is 81.9 Å². The average molecular weight is 485 g/mol. The van der Waals surface area contributed by atoms with Gasteiger partial charge in [0.05, 0.1) is 18.6 Å². The van der Waals surface area contributed by atoms with Gasteiger partial charge in [-0.25, -0.2) is 0 Å². The fraction of sp³-hybridized carbons (Fsp3) is 0.400. The highest BCUT2D eigenvalue weighted by Gasteiger charge is 2.39. The van der Waals surface area contributed by atoms with Crippen LogP contribution in [0.2, 0.25) is 0 Å². The molecule has 6 heteroatoms. The van der Waals surface area contributed by atoms with E-state index in [0.717, 1.165) is 38.8 Å². The van der Waals surface area contributed by atoms with Crippen LogP contribution in [0.1, 0.15) is 43.2 Å². The Morgan fingerprint density at radius 3 is 2.78 bits per heavy atom. The molecule has 1 aliphatic carbocycles. The molecule has 2 unspecified atom stereocenters. The lowest BCUT2D eigenvalue weighted by molar-refractivity contribution is -0.145. The quantitative estimate of drug-likeness (QED) is 0.538. The van der Waals surface area contributed by atoms with Gasteiger partial charge < -0.3 is 19.9 Å². The van der Waals surface area contributed by atoms with E-state index < -0.39 is 5.54 Å². The van der Waals surface area contributed by atoms with Crippen LogP contribution in [-0.4, -0.2) is 45.0 Å². The molecule has 3 atom stereocenters. The molecule has 0 fully saturated rings. The van der Waals surface area contributed by atoms with E-state index in [1.54, 1.807) is 6.20 Å². The summed E-state index contributed by atoms with van der Waals surface area (Å²) in [7, 11) is 3.58. The molecule has 36 heavy (non-hydrogen) atoms. The SMILES string of the molecule is COC(=O)C1C=CN=CC1(C)NC[C@@H]1CCCc2cc(N(C)c3ccc(N4C=CCC4)cc3)ccc21. The molecule has 0 aromatic heterocycles. The zero-order valence-corrected chi connectivity index (χ0v) is 21.5. The largest absolute Gasteiger partial charge is 0.469 e. The van der Waals surface area contributed by atoms with Crippen molar-refractivity contribution in [2.45, 2.75) is 44.1 Å². The molecule has 6 nitrogen and oxygen atoms in total. The Hall–Kier alpha value is -3.38. The first-order valence-corrected chi connectivity index (χ1v) is 12.9. The van der Waals surface area contributed by atoms with E-state index >= 15 is 0 Å². The van der Waals surface area contributed by atoms with Crippen molar-refractivity contribution in [2.75, 3.05) is 37.0 Å². The van der Waals surface area contributed by atoms with Crippen molar-refractivity contribution in [3.8, 4) is 0 Å². The van der Waals surface area contributed by atoms with Gasteiger partial charge in [-0.15, -0.1) is 0 Å². The van der Waals surface area contributed by atoms with Crippen LogP contribution in [0.15, 0.2) is 72.0 Å². The minimum atomic E-state index is -0.559. The van der Waals surface area contributed by atoms with Crippen LogP contribution in [0.3, 0.4) is 0 Å². The number of ether oxygens (including phenoxy) is 1. The Morgan fingerprint density at radius 1 is 1.22 bits per heavy atom. The second-order valence-electron chi connectivity index (χ2n) is 10.2. The molecule has 2 aliphatic heterocycles. The van der Waals surface area contributed by atoms with Gasteiger partial charge in [-0.05, 0) is 92.1 Å². The second kappa shape index (κ2) is 10.3. The number of hydrogen-bond donors (Lipinski definition) is 1. The lowest BCUT2D eigenvalue weighted by Crippen LogP contribution is -2.54. The van der Waals surface area contributed by atoms with Crippen LogP contribution in [0.5, 0.6) is 0 Å². The number of aryl methyl sites for hydroxylation is 1. The molecule has 0 saturated carbocycles. The molecule has 0 bridgehead atoms. The number of carbonyl (C=O) groups is 1. The Labute approximate surface area is 214 Å². The van der Waals surface area contributed by atoms with E-state index in [-0.39, 0.29) is 11.9 Å². The fourth-order valence-corrected chi connectivity index (χ4v) is 5.61. The molecule has 2 aromatic rings. The molecule has 3 aliphatic rings. The van der Waals surface area contributed by atoms with E-state index in [0.29, 0.717) is 5.92 Å². The number of methoxy groups -OCH3 is 1. The van der Waals surface area contributed by atoms with Gasteiger partial charge in [0.1, 0.15) is 0 Å². The summed E-state index contributed by atoms with van der Waals surface area (Å²) in [6.45, 7) is 3.87. The second-order valence-corrected chi connectivity index (χ2v) is 10.2. The topological polar surface area (TPSA) is 57.2 Å². The van der Waals surface area contributed by atoms with E-state index in [4.69, 9.17) is 4.74 Å². The molecule has 2 aromatic carbocycles. The standard InChI is InChI=1S/C30H36N4O2/c1-30(21-31-16-15-28(30)29(35)36-3)32-20-23-8-6-7-22-19-26(13-14-27(22)23)33(2)24-9-11-25(12-10-24)34-17-4-5-18-34/h4,9-17,19,21,23,28,32H,5-8,18,20H2,1-3H3/t23-,28?,30?/m0/s1. The van der Waals surface area contributed by atoms with Crippen LogP contribution < -0.4 is 15.1 Å². The number of aliphatic imine (C=N–C) groups is 1. The molecule has 0 radical (unpaired) electrons. The summed E-state index contributed by atoms with van der Waals surface area (Å²) in [5, 5.41) is 3.64. The summed E-state index contributed by atoms with van der Waals surface area (Å²) in [5.41, 5.74) is 5.90. The summed E-state index contributed by atoms with van der Waals surface area (Å²) in [4.78, 5) is 21.2. The Morgan fingerprint density at radius 2 is 2.03 bits per heavy atom. The first-order chi connectivity index (χ1) is 17.5. The van der Waals surface area contributed by atoms with Crippen molar-refractivity contribution < 1.29 is 9.53 Å². The maximum absolute atomic E-state index is 12.4. The van der Waals surface area contributed by atoms with Crippen molar-refractivity contribution in [2.24, 2.45) is 10.9 Å². The fourth-order valence-electron chi connectivity index (χ4n) is 5.61. The average Bonchev–Trinajstić information content (AvgIpc) is 3.46. The van der Waals surface area contributed by atoms with Crippen LogP contribution in [0, 0.1) is 5.92 Å². The maximum atomic E-state index is 12.4. The van der Waals surface area contributed by atoms with E-state index in [1.807, 2.05) is 19.2 Å². The lowest BCUT2D eigenvalue weighted by atomic mass is 9.80. The van der Waals surface area contributed by atoms with Crippen molar-refractivity contribution in [1.29, 1.82) is 0 Å². The van der Waals surface area contributed by atoms with Crippen LogP contribution in [0.25, 0.3) is 0 Å². The van der Waals surface area contributed by atoms with Gasteiger partial charge in [0.15, 0.2) is 0 Å². The minimum Gasteiger partial charge on any atom is -0.469 e. The smallest absolute Gasteiger partial charge is 0.314 e. The molecule has 0 amide bonds. The van der Waals surface area contributed by atoms with Gasteiger partial charge in [-0.2, -0.15) is 0 Å². The van der Waals surface area contributed by atoms with E-state index in [1.165, 1.54) is 35.3 Å². The molecule has 1 N–H and O–H groups in total. The number of fused-ring (bicyclic) bond motifs is 1. The molecule has 2 heterocycles. The number of carbonyl (C=O) groups excluding carboxylic acids is 1. The summed E-state index contributed by atoms with van der Waals surface area (Å²) >= 11 is 0. The molecule has 188 valence electrons. The van der Waals surface area contributed by atoms with Crippen LogP contribution in [-0.2, 0) is 16.0 Å². The molecule has 0 spiro atoms. The summed E-state index contributed by atoms with van der Waals surface area (Å²) in [6, 6.07) is 15.7. The summed E-state index contributed by atoms with van der Waals surface area (Å²) in [6.07, 6.45) is 14.2. The number of esters is 1. The predicted octanol–water partition coefficient (Wildman–Crippen LogP) is 5.33. The monoisotopic (exact) mass is 484 g/mol. The summed E-state index contributed by atoms with van der Waals surface area (Å²) < 4.78 is 5.04. The van der Waals surface area contributed by atoms with Crippen LogP contribution in [0.4, 0.5) is 17.1 Å². The van der Waals surface area contributed by atoms with Gasteiger partial charge >= 0.3 is 5.97 Å². The molecule has 5 rings (SSSR count). The molecule has 0 saturated heterocycles. The number of nitrogens with one attached hydrogen (secondary N) is 1. The third-order valence-corrected chi connectivity index (χ3v) is 7.88. The van der Waals surface area contributed by atoms with Crippen molar-refractivity contribution in [1.82, 2.24) is 5.32 Å². The molecular formula is C30H36N4O2. The van der Waals surface area contributed by atoms with Gasteiger partial charge in [0.25, 0.3) is 0 Å². The Balaban J connectivity index is 1.29. The highest BCUT2D eigenvalue weighted by Crippen LogP contribution is 2.36. The number of rotatable bonds is 7. The highest BCUT2D eigenvalue weighted by atomic mass is 16.5. The number of hydrogen-bond acceptors (Lipinski definition) is 6. The first-order valence-electron chi connectivity index (χ1n) is 12.9.